The molecule has 5 rings (SSSR count). The van der Waals surface area contributed by atoms with Crippen LogP contribution >= 0.6 is 11.3 Å². The number of rotatable bonds is 4. The van der Waals surface area contributed by atoms with Crippen molar-refractivity contribution in [3.8, 4) is 22.0 Å². The van der Waals surface area contributed by atoms with E-state index in [4.69, 9.17) is 9.51 Å². The largest absolute Gasteiger partial charge is 0.354 e. The molecular formula is C25H33N5OS. The van der Waals surface area contributed by atoms with Gasteiger partial charge < -0.3 is 14.8 Å². The second-order valence-corrected chi connectivity index (χ2v) is 9.59. The number of aryl methyl sites for hydroxylation is 2. The Hall–Kier alpha value is -2.51. The number of piperidine rings is 1. The molecule has 0 aromatic carbocycles. The Balaban J connectivity index is 0.00000119. The number of H-pyrrole nitrogens is 1. The minimum absolute atomic E-state index is 0.391. The van der Waals surface area contributed by atoms with Crippen LogP contribution in [0, 0.1) is 13.8 Å². The molecule has 1 aliphatic heterocycles. The molecule has 0 aliphatic carbocycles. The van der Waals surface area contributed by atoms with Gasteiger partial charge >= 0.3 is 0 Å². The summed E-state index contributed by atoms with van der Waals surface area (Å²) in [7, 11) is 0. The van der Waals surface area contributed by atoms with Crippen LogP contribution in [0.3, 0.4) is 0 Å². The molecule has 0 bridgehead atoms. The van der Waals surface area contributed by atoms with Crippen LogP contribution in [-0.2, 0) is 0 Å². The lowest BCUT2D eigenvalue weighted by molar-refractivity contribution is 0.392. The molecule has 1 saturated heterocycles. The fraction of sp³-hybridized carbons (Fsp3) is 0.480. The summed E-state index contributed by atoms with van der Waals surface area (Å²) < 4.78 is 6.92. The zero-order chi connectivity index (χ0) is 22.8. The van der Waals surface area contributed by atoms with E-state index in [1.807, 2.05) is 27.7 Å². The maximum Gasteiger partial charge on any atom is 0.268 e. The lowest BCUT2D eigenvalue weighted by Gasteiger charge is -2.18. The van der Waals surface area contributed by atoms with Crippen LogP contribution in [0.1, 0.15) is 75.1 Å². The highest BCUT2D eigenvalue weighted by Gasteiger charge is 2.24. The lowest BCUT2D eigenvalue weighted by Crippen LogP contribution is -2.27. The molecule has 170 valence electrons. The van der Waals surface area contributed by atoms with Crippen molar-refractivity contribution in [1.82, 2.24) is 25.4 Å². The average Bonchev–Trinajstić information content (AvgIpc) is 3.49. The zero-order valence-electron chi connectivity index (χ0n) is 19.9. The third-order valence-electron chi connectivity index (χ3n) is 5.81. The van der Waals surface area contributed by atoms with E-state index < -0.39 is 0 Å². The molecule has 5 heterocycles. The zero-order valence-corrected chi connectivity index (χ0v) is 20.7. The van der Waals surface area contributed by atoms with Crippen molar-refractivity contribution in [2.75, 3.05) is 13.1 Å². The predicted octanol–water partition coefficient (Wildman–Crippen LogP) is 6.57. The minimum Gasteiger partial charge on any atom is -0.354 e. The van der Waals surface area contributed by atoms with Crippen molar-refractivity contribution in [2.45, 2.75) is 66.2 Å². The van der Waals surface area contributed by atoms with E-state index in [0.717, 1.165) is 53.5 Å². The van der Waals surface area contributed by atoms with Crippen molar-refractivity contribution >= 4 is 21.6 Å². The number of pyridine rings is 1. The van der Waals surface area contributed by atoms with Crippen LogP contribution in [0.2, 0.25) is 0 Å². The standard InChI is InChI=1S/C23H27N5OS.C2H6/c1-12(2)19-20(16-9-13(3)25-14(4)10-16)26-17-11-18(30-21(17)19)23-27-22(28-29-23)15-5-7-24-8-6-15;1-2/h9-12,15,24,26H,5-8H2,1-4H3;1-2H3. The summed E-state index contributed by atoms with van der Waals surface area (Å²) in [5.74, 6) is 2.26. The average molecular weight is 452 g/mol. The number of thiophene rings is 1. The first-order valence-electron chi connectivity index (χ1n) is 11.7. The van der Waals surface area contributed by atoms with Gasteiger partial charge in [0.1, 0.15) is 0 Å². The van der Waals surface area contributed by atoms with Gasteiger partial charge in [-0.3, -0.25) is 4.98 Å². The summed E-state index contributed by atoms with van der Waals surface area (Å²) >= 11 is 1.73. The second kappa shape index (κ2) is 9.55. The molecule has 0 spiro atoms. The molecule has 6 nitrogen and oxygen atoms in total. The van der Waals surface area contributed by atoms with Gasteiger partial charge in [0.25, 0.3) is 5.89 Å². The molecule has 2 N–H and O–H groups in total. The van der Waals surface area contributed by atoms with Gasteiger partial charge in [-0.1, -0.05) is 32.9 Å². The first-order valence-corrected chi connectivity index (χ1v) is 12.5. The highest BCUT2D eigenvalue weighted by Crippen LogP contribution is 2.42. The SMILES string of the molecule is CC.Cc1cc(-c2[nH]c3cc(-c4nc(C5CCNCC5)no4)sc3c2C(C)C)cc(C)n1. The van der Waals surface area contributed by atoms with E-state index in [0.29, 0.717) is 17.7 Å². The van der Waals surface area contributed by atoms with Gasteiger partial charge in [0.2, 0.25) is 0 Å². The predicted molar refractivity (Wildman–Crippen MR) is 132 cm³/mol. The van der Waals surface area contributed by atoms with Gasteiger partial charge in [-0.15, -0.1) is 11.3 Å². The number of fused-ring (bicyclic) bond motifs is 1. The summed E-state index contributed by atoms with van der Waals surface area (Å²) in [5, 5.41) is 7.68. The van der Waals surface area contributed by atoms with Crippen LogP contribution < -0.4 is 5.32 Å². The Morgan fingerprint density at radius 1 is 1.03 bits per heavy atom. The molecule has 7 heteroatoms. The first-order chi connectivity index (χ1) is 15.5. The van der Waals surface area contributed by atoms with Crippen LogP contribution in [-0.4, -0.2) is 33.2 Å². The summed E-state index contributed by atoms with van der Waals surface area (Å²) in [5.41, 5.74) is 6.92. The molecule has 1 fully saturated rings. The van der Waals surface area contributed by atoms with Gasteiger partial charge in [0, 0.05) is 22.9 Å². The fourth-order valence-corrected chi connectivity index (χ4v) is 5.68. The highest BCUT2D eigenvalue weighted by atomic mass is 32.1. The molecule has 0 unspecified atom stereocenters. The maximum absolute atomic E-state index is 5.66. The van der Waals surface area contributed by atoms with Gasteiger partial charge in [-0.25, -0.2) is 0 Å². The molecule has 4 aromatic rings. The van der Waals surface area contributed by atoms with E-state index in [2.05, 4.69) is 52.5 Å². The summed E-state index contributed by atoms with van der Waals surface area (Å²) in [4.78, 5) is 14.0. The molecule has 0 atom stereocenters. The molecule has 32 heavy (non-hydrogen) atoms. The topological polar surface area (TPSA) is 79.6 Å². The van der Waals surface area contributed by atoms with E-state index >= 15 is 0 Å². The van der Waals surface area contributed by atoms with Gasteiger partial charge in [-0.2, -0.15) is 4.98 Å². The minimum atomic E-state index is 0.391. The third-order valence-corrected chi connectivity index (χ3v) is 6.97. The van der Waals surface area contributed by atoms with E-state index in [-0.39, 0.29) is 0 Å². The number of nitrogens with zero attached hydrogens (tertiary/aromatic N) is 3. The first kappa shape index (κ1) is 22.7. The smallest absolute Gasteiger partial charge is 0.268 e. The molecule has 4 aromatic heterocycles. The normalized spacial score (nSPS) is 14.7. The van der Waals surface area contributed by atoms with Gasteiger partial charge in [-0.05, 0) is 69.5 Å². The Labute approximate surface area is 193 Å². The van der Waals surface area contributed by atoms with Crippen LogP contribution in [0.5, 0.6) is 0 Å². The monoisotopic (exact) mass is 451 g/mol. The quantitative estimate of drug-likeness (QED) is 0.366. The van der Waals surface area contributed by atoms with Crippen molar-refractivity contribution in [1.29, 1.82) is 0 Å². The number of nitrogens with one attached hydrogen (secondary N) is 2. The molecule has 1 aliphatic rings. The van der Waals surface area contributed by atoms with Crippen molar-refractivity contribution in [2.24, 2.45) is 0 Å². The van der Waals surface area contributed by atoms with Crippen molar-refractivity contribution in [3.05, 3.63) is 41.0 Å². The third kappa shape index (κ3) is 4.36. The van der Waals surface area contributed by atoms with Crippen LogP contribution in [0.15, 0.2) is 22.7 Å². The number of aromatic nitrogens is 4. The van der Waals surface area contributed by atoms with Crippen LogP contribution in [0.4, 0.5) is 0 Å². The van der Waals surface area contributed by atoms with Crippen molar-refractivity contribution in [3.63, 3.8) is 0 Å². The Morgan fingerprint density at radius 2 is 1.72 bits per heavy atom. The number of hydrogen-bond acceptors (Lipinski definition) is 6. The molecule has 0 amide bonds. The van der Waals surface area contributed by atoms with Crippen LogP contribution in [0.25, 0.3) is 32.2 Å². The Morgan fingerprint density at radius 3 is 2.38 bits per heavy atom. The molecular weight excluding hydrogens is 418 g/mol. The van der Waals surface area contributed by atoms with E-state index in [1.54, 1.807) is 11.3 Å². The summed E-state index contributed by atoms with van der Waals surface area (Å²) in [6.07, 6.45) is 2.13. The number of hydrogen-bond donors (Lipinski definition) is 2. The Kier molecular flexibility index (Phi) is 6.76. The second-order valence-electron chi connectivity index (χ2n) is 8.54. The summed E-state index contributed by atoms with van der Waals surface area (Å²) in [6, 6.07) is 6.45. The lowest BCUT2D eigenvalue weighted by atomic mass is 9.98. The molecule has 0 saturated carbocycles. The summed E-state index contributed by atoms with van der Waals surface area (Å²) in [6.45, 7) is 14.6. The highest BCUT2D eigenvalue weighted by molar-refractivity contribution is 7.22. The van der Waals surface area contributed by atoms with Gasteiger partial charge in [0.15, 0.2) is 5.82 Å². The maximum atomic E-state index is 5.66. The van der Waals surface area contributed by atoms with Gasteiger partial charge in [0.05, 0.1) is 20.8 Å². The van der Waals surface area contributed by atoms with E-state index in [1.165, 1.54) is 21.5 Å². The Bertz CT molecular complexity index is 1180. The van der Waals surface area contributed by atoms with Crippen molar-refractivity contribution < 1.29 is 4.52 Å². The fourth-order valence-electron chi connectivity index (χ4n) is 4.44. The number of aromatic amines is 1. The molecule has 0 radical (unpaired) electrons. The van der Waals surface area contributed by atoms with E-state index in [9.17, 15) is 0 Å².